The second-order valence-electron chi connectivity index (χ2n) is 12.0. The summed E-state index contributed by atoms with van der Waals surface area (Å²) in [4.78, 5) is 0. The van der Waals surface area contributed by atoms with Crippen LogP contribution in [0.3, 0.4) is 0 Å². The molecular weight excluding hydrogens is 535 g/mol. The van der Waals surface area contributed by atoms with Gasteiger partial charge in [-0.25, -0.2) is 0 Å². The summed E-state index contributed by atoms with van der Waals surface area (Å²) in [5, 5.41) is 3.78. The third-order valence-corrected chi connectivity index (χ3v) is 24.0. The zero-order valence-electron chi connectivity index (χ0n) is 23.0. The van der Waals surface area contributed by atoms with Crippen LogP contribution in [0.5, 0.6) is 0 Å². The van der Waals surface area contributed by atoms with E-state index < -0.39 is 16.1 Å². The normalized spacial score (nSPS) is 29.3. The van der Waals surface area contributed by atoms with E-state index in [4.69, 9.17) is 0 Å². The molecule has 2 saturated heterocycles. The molecule has 35 heavy (non-hydrogen) atoms. The fourth-order valence-electron chi connectivity index (χ4n) is 7.38. The van der Waals surface area contributed by atoms with Gasteiger partial charge in [-0.1, -0.05) is 0 Å². The van der Waals surface area contributed by atoms with E-state index in [1.54, 1.807) is 36.3 Å². The average molecular weight is 586 g/mol. The standard InChI is InChI=1S/2C15H25Si.2ClH.Ti/c2*1-3-5-7-14-8-9-15(13-14)16(10-4-2)11-6-12-16;;;/h2*8-9,13H,3-7,10-12H2,1-2H3;2*1H;/q;;;;+2/p-2. The molecule has 196 valence electrons. The Morgan fingerprint density at radius 1 is 0.657 bits per heavy atom. The fraction of sp³-hybridized carbons (Fsp3) is 0.733. The van der Waals surface area contributed by atoms with Crippen molar-refractivity contribution in [2.75, 3.05) is 0 Å². The Hall–Kier alpha value is 0.688. The van der Waals surface area contributed by atoms with Crippen molar-refractivity contribution in [3.05, 3.63) is 46.8 Å². The van der Waals surface area contributed by atoms with Crippen LogP contribution in [0.4, 0.5) is 0 Å². The molecule has 0 spiro atoms. The van der Waals surface area contributed by atoms with Gasteiger partial charge in [0.15, 0.2) is 0 Å². The Morgan fingerprint density at radius 3 is 1.34 bits per heavy atom. The molecule has 5 heteroatoms. The molecule has 2 fully saturated rings. The van der Waals surface area contributed by atoms with Gasteiger partial charge in [0, 0.05) is 0 Å². The van der Waals surface area contributed by atoms with Gasteiger partial charge < -0.3 is 24.8 Å². The van der Waals surface area contributed by atoms with Crippen LogP contribution in [0.1, 0.15) is 91.9 Å². The van der Waals surface area contributed by atoms with E-state index in [9.17, 15) is 0 Å². The van der Waals surface area contributed by atoms with Crippen LogP contribution < -0.4 is 24.8 Å². The van der Waals surface area contributed by atoms with Crippen LogP contribution in [0.15, 0.2) is 46.8 Å². The van der Waals surface area contributed by atoms with Crippen LogP contribution >= 0.6 is 0 Å². The number of halogens is 2. The maximum atomic E-state index is 2.93. The maximum Gasteiger partial charge on any atom is -1.00 e. The molecule has 0 amide bonds. The minimum Gasteiger partial charge on any atom is -1.00 e. The van der Waals surface area contributed by atoms with Crippen molar-refractivity contribution >= 4 is 16.1 Å². The van der Waals surface area contributed by atoms with E-state index in [0.29, 0.717) is 7.44 Å². The summed E-state index contributed by atoms with van der Waals surface area (Å²) in [6, 6.07) is 9.41. The van der Waals surface area contributed by atoms with Crippen LogP contribution in [0.25, 0.3) is 0 Å². The monoisotopic (exact) mass is 584 g/mol. The molecule has 2 heterocycles. The van der Waals surface area contributed by atoms with E-state index >= 15 is 0 Å². The summed E-state index contributed by atoms with van der Waals surface area (Å²) in [7, 11) is -2.25. The van der Waals surface area contributed by atoms with Crippen LogP contribution in [0, 0.1) is 0 Å². The topological polar surface area (TPSA) is 0 Å². The van der Waals surface area contributed by atoms with Gasteiger partial charge in [-0.15, -0.1) is 0 Å². The Balaban J connectivity index is 0.00000216. The van der Waals surface area contributed by atoms with Gasteiger partial charge in [0.25, 0.3) is 0 Å². The van der Waals surface area contributed by atoms with Crippen molar-refractivity contribution in [2.24, 2.45) is 0 Å². The van der Waals surface area contributed by atoms with Crippen LogP contribution in [0.2, 0.25) is 43.7 Å². The Kier molecular flexibility index (Phi) is 12.4. The molecule has 0 aromatic heterocycles. The first kappa shape index (κ1) is 31.9. The Bertz CT molecular complexity index is 743. The van der Waals surface area contributed by atoms with Crippen molar-refractivity contribution < 1.29 is 44.0 Å². The molecule has 0 radical (unpaired) electrons. The van der Waals surface area contributed by atoms with Gasteiger partial charge in [-0.05, 0) is 0 Å². The number of unbranched alkanes of at least 4 members (excludes halogenated alkanes) is 2. The molecule has 4 aliphatic rings. The van der Waals surface area contributed by atoms with Gasteiger partial charge in [-0.2, -0.15) is 0 Å². The minimum atomic E-state index is -1.13. The van der Waals surface area contributed by atoms with Gasteiger partial charge in [-0.3, -0.25) is 0 Å². The third-order valence-electron chi connectivity index (χ3n) is 9.60. The van der Waals surface area contributed by atoms with E-state index in [-0.39, 0.29) is 44.0 Å². The molecule has 0 aromatic rings. The second-order valence-corrected chi connectivity index (χ2v) is 24.6. The van der Waals surface area contributed by atoms with Crippen LogP contribution in [-0.4, -0.2) is 16.1 Å². The van der Waals surface area contributed by atoms with E-state index in [2.05, 4.69) is 64.2 Å². The van der Waals surface area contributed by atoms with Crippen molar-refractivity contribution in [1.82, 2.24) is 0 Å². The number of hydrogen-bond donors (Lipinski definition) is 0. The summed E-state index contributed by atoms with van der Waals surface area (Å²) in [6.07, 6.45) is 30.9. The van der Waals surface area contributed by atoms with E-state index in [0.717, 1.165) is 0 Å². The molecule has 2 aliphatic carbocycles. The molecule has 0 nitrogen and oxygen atoms in total. The zero-order chi connectivity index (χ0) is 23.4. The zero-order valence-corrected chi connectivity index (χ0v) is 28.1. The molecule has 0 bridgehead atoms. The maximum absolute atomic E-state index is 2.93. The van der Waals surface area contributed by atoms with Crippen molar-refractivity contribution in [1.29, 1.82) is 0 Å². The molecule has 2 unspecified atom stereocenters. The summed E-state index contributed by atoms with van der Waals surface area (Å²) in [5.41, 5.74) is 0. The van der Waals surface area contributed by atoms with E-state index in [1.165, 1.54) is 64.2 Å². The van der Waals surface area contributed by atoms with E-state index in [1.807, 2.05) is 10.4 Å². The number of hydrogen-bond acceptors (Lipinski definition) is 0. The Morgan fingerprint density at radius 2 is 1.06 bits per heavy atom. The number of rotatable bonds is 14. The van der Waals surface area contributed by atoms with Gasteiger partial charge in [0.05, 0.1) is 0 Å². The quantitative estimate of drug-likeness (QED) is 0.266. The predicted octanol–water partition coefficient (Wildman–Crippen LogP) is 4.37. The molecule has 0 saturated carbocycles. The first-order valence-corrected chi connectivity index (χ1v) is 21.4. The Labute approximate surface area is 241 Å². The van der Waals surface area contributed by atoms with Crippen molar-refractivity contribution in [3.8, 4) is 0 Å². The van der Waals surface area contributed by atoms with Gasteiger partial charge in [0.1, 0.15) is 0 Å². The van der Waals surface area contributed by atoms with Gasteiger partial charge in [0.2, 0.25) is 0 Å². The van der Waals surface area contributed by atoms with Gasteiger partial charge >= 0.3 is 218 Å². The average Bonchev–Trinajstić information content (AvgIpc) is 3.36. The summed E-state index contributed by atoms with van der Waals surface area (Å²) in [6.45, 7) is 9.65. The van der Waals surface area contributed by atoms with Crippen molar-refractivity contribution in [2.45, 2.75) is 136 Å². The summed E-state index contributed by atoms with van der Waals surface area (Å²) >= 11 is -0.178. The molecular formula is C30H50Cl2Si2Ti. The van der Waals surface area contributed by atoms with Crippen LogP contribution in [-0.2, 0) is 19.2 Å². The second kappa shape index (κ2) is 13.7. The predicted molar refractivity (Wildman–Crippen MR) is 149 cm³/mol. The minimum absolute atomic E-state index is 0. The smallest absolute Gasteiger partial charge is 1.00 e. The molecule has 0 aromatic carbocycles. The summed E-state index contributed by atoms with van der Waals surface area (Å²) in [5.74, 6) is 0. The molecule has 4 rings (SSSR count). The molecule has 0 N–H and O–H groups in total. The third kappa shape index (κ3) is 6.64. The largest absolute Gasteiger partial charge is 1.00 e. The fourth-order valence-corrected chi connectivity index (χ4v) is 20.4. The first-order chi connectivity index (χ1) is 16.0. The molecule has 2 atom stereocenters. The molecule has 2 aliphatic heterocycles. The first-order valence-electron chi connectivity index (χ1n) is 14.6. The summed E-state index contributed by atoms with van der Waals surface area (Å²) < 4.78 is 0.885. The van der Waals surface area contributed by atoms with Crippen molar-refractivity contribution in [3.63, 3.8) is 0 Å². The number of allylic oxidation sites excluding steroid dienone is 8. The SMILES string of the molecule is CCCC[C]1([Ti+2][C]2(CCCC)C=CC([Si]3(CCC)CCC3)=C2)C=CC([Si]2(CCC)CCC2)=C1.[Cl-].[Cl-].